The first-order valence-electron chi connectivity index (χ1n) is 6.42. The van der Waals surface area contributed by atoms with E-state index in [9.17, 15) is 0 Å². The first-order valence-corrected chi connectivity index (χ1v) is 6.42. The summed E-state index contributed by atoms with van der Waals surface area (Å²) in [6.07, 6.45) is 3.36. The molecule has 0 saturated carbocycles. The highest BCUT2D eigenvalue weighted by atomic mass is 16.3. The zero-order valence-corrected chi connectivity index (χ0v) is 10.5. The minimum absolute atomic E-state index is 0.300. The van der Waals surface area contributed by atoms with Crippen LogP contribution in [0.1, 0.15) is 24.8 Å². The lowest BCUT2D eigenvalue weighted by Gasteiger charge is -2.34. The van der Waals surface area contributed by atoms with Gasteiger partial charge in [0.1, 0.15) is 0 Å². The summed E-state index contributed by atoms with van der Waals surface area (Å²) in [6.45, 7) is 4.48. The second-order valence-corrected chi connectivity index (χ2v) is 5.01. The minimum atomic E-state index is 0.300. The van der Waals surface area contributed by atoms with Crippen molar-refractivity contribution >= 4 is 11.4 Å². The molecule has 1 heterocycles. The molecule has 0 amide bonds. The average Bonchev–Trinajstić information content (AvgIpc) is 2.33. The number of piperidine rings is 1. The van der Waals surface area contributed by atoms with Crippen LogP contribution in [0, 0.1) is 12.8 Å². The number of benzene rings is 1. The quantitative estimate of drug-likeness (QED) is 0.788. The van der Waals surface area contributed by atoms with Crippen LogP contribution >= 0.6 is 0 Å². The maximum absolute atomic E-state index is 9.02. The van der Waals surface area contributed by atoms with Gasteiger partial charge in [0.15, 0.2) is 0 Å². The number of aryl methyl sites for hydroxylation is 1. The molecular weight excluding hydrogens is 212 g/mol. The van der Waals surface area contributed by atoms with Gasteiger partial charge in [0.25, 0.3) is 0 Å². The summed E-state index contributed by atoms with van der Waals surface area (Å²) in [5, 5.41) is 9.02. The Labute approximate surface area is 103 Å². The fourth-order valence-corrected chi connectivity index (χ4v) is 2.54. The monoisotopic (exact) mass is 234 g/mol. The van der Waals surface area contributed by atoms with Gasteiger partial charge in [-0.05, 0) is 49.8 Å². The normalized spacial score (nSPS) is 20.6. The summed E-state index contributed by atoms with van der Waals surface area (Å²) in [5.74, 6) is 0.622. The first-order chi connectivity index (χ1) is 8.20. The summed E-state index contributed by atoms with van der Waals surface area (Å²) in [6, 6.07) is 6.30. The van der Waals surface area contributed by atoms with Crippen molar-refractivity contribution in [3.05, 3.63) is 23.8 Å². The van der Waals surface area contributed by atoms with Crippen LogP contribution in [0.5, 0.6) is 0 Å². The highest BCUT2D eigenvalue weighted by Crippen LogP contribution is 2.27. The maximum Gasteiger partial charge on any atom is 0.0434 e. The van der Waals surface area contributed by atoms with E-state index in [4.69, 9.17) is 10.8 Å². The predicted octanol–water partition coefficient (Wildman–Crippen LogP) is 2.18. The van der Waals surface area contributed by atoms with Crippen LogP contribution in [-0.2, 0) is 0 Å². The fourth-order valence-electron chi connectivity index (χ4n) is 2.54. The maximum atomic E-state index is 9.02. The van der Waals surface area contributed by atoms with E-state index >= 15 is 0 Å². The Morgan fingerprint density at radius 3 is 3.00 bits per heavy atom. The third kappa shape index (κ3) is 2.91. The van der Waals surface area contributed by atoms with Gasteiger partial charge in [-0.1, -0.05) is 6.07 Å². The Kier molecular flexibility index (Phi) is 3.89. The Balaban J connectivity index is 2.08. The average molecular weight is 234 g/mol. The van der Waals surface area contributed by atoms with Gasteiger partial charge in [-0.15, -0.1) is 0 Å². The van der Waals surface area contributed by atoms with Gasteiger partial charge in [0, 0.05) is 31.1 Å². The van der Waals surface area contributed by atoms with Crippen LogP contribution in [0.3, 0.4) is 0 Å². The topological polar surface area (TPSA) is 49.5 Å². The molecule has 0 aromatic heterocycles. The molecule has 2 rings (SSSR count). The van der Waals surface area contributed by atoms with Gasteiger partial charge >= 0.3 is 0 Å². The Morgan fingerprint density at radius 2 is 2.29 bits per heavy atom. The van der Waals surface area contributed by atoms with Crippen molar-refractivity contribution in [2.75, 3.05) is 30.3 Å². The molecule has 0 bridgehead atoms. The van der Waals surface area contributed by atoms with Crippen LogP contribution in [0.4, 0.5) is 11.4 Å². The van der Waals surface area contributed by atoms with Crippen molar-refractivity contribution in [2.45, 2.75) is 26.2 Å². The predicted molar refractivity (Wildman–Crippen MR) is 72.2 cm³/mol. The number of nitrogens with zero attached hydrogens (tertiary/aromatic N) is 1. The van der Waals surface area contributed by atoms with E-state index in [0.29, 0.717) is 12.5 Å². The minimum Gasteiger partial charge on any atom is -0.398 e. The molecule has 1 aliphatic heterocycles. The van der Waals surface area contributed by atoms with Crippen LogP contribution in [0.25, 0.3) is 0 Å². The number of hydrogen-bond donors (Lipinski definition) is 2. The second-order valence-electron chi connectivity index (χ2n) is 5.01. The Bertz CT molecular complexity index is 376. The van der Waals surface area contributed by atoms with Gasteiger partial charge in [-0.3, -0.25) is 0 Å². The number of anilines is 2. The highest BCUT2D eigenvalue weighted by Gasteiger charge is 2.19. The van der Waals surface area contributed by atoms with Gasteiger partial charge in [-0.2, -0.15) is 0 Å². The van der Waals surface area contributed by atoms with Crippen molar-refractivity contribution in [1.29, 1.82) is 0 Å². The number of aliphatic hydroxyl groups is 1. The molecule has 0 aliphatic carbocycles. The summed E-state index contributed by atoms with van der Waals surface area (Å²) in [7, 11) is 0. The van der Waals surface area contributed by atoms with Crippen LogP contribution in [-0.4, -0.2) is 24.8 Å². The molecule has 1 saturated heterocycles. The molecule has 94 valence electrons. The number of aliphatic hydroxyl groups excluding tert-OH is 1. The van der Waals surface area contributed by atoms with E-state index in [1.807, 2.05) is 6.92 Å². The van der Waals surface area contributed by atoms with Crippen LogP contribution in [0.15, 0.2) is 18.2 Å². The molecule has 1 atom stereocenters. The van der Waals surface area contributed by atoms with Crippen LogP contribution < -0.4 is 10.6 Å². The molecule has 3 heteroatoms. The van der Waals surface area contributed by atoms with Gasteiger partial charge in [0.2, 0.25) is 0 Å². The third-order valence-corrected chi connectivity index (χ3v) is 3.68. The van der Waals surface area contributed by atoms with Gasteiger partial charge in [0.05, 0.1) is 0 Å². The Morgan fingerprint density at radius 1 is 1.47 bits per heavy atom. The van der Waals surface area contributed by atoms with Crippen molar-refractivity contribution in [3.8, 4) is 0 Å². The smallest absolute Gasteiger partial charge is 0.0434 e. The SMILES string of the molecule is Cc1ccc(N2CCCC(CCO)C2)cc1N. The standard InChI is InChI=1S/C14H22N2O/c1-11-4-5-13(9-14(11)15)16-7-2-3-12(10-16)6-8-17/h4-5,9,12,17H,2-3,6-8,10,15H2,1H3. The van der Waals surface area contributed by atoms with E-state index in [0.717, 1.165) is 30.8 Å². The number of hydrogen-bond acceptors (Lipinski definition) is 3. The number of nitrogens with two attached hydrogens (primary N) is 1. The number of rotatable bonds is 3. The van der Waals surface area contributed by atoms with Crippen molar-refractivity contribution < 1.29 is 5.11 Å². The molecule has 1 aromatic carbocycles. The highest BCUT2D eigenvalue weighted by molar-refractivity contribution is 5.59. The first kappa shape index (κ1) is 12.2. The summed E-state index contributed by atoms with van der Waals surface area (Å²) in [4.78, 5) is 2.39. The fraction of sp³-hybridized carbons (Fsp3) is 0.571. The molecule has 1 aromatic rings. The molecule has 1 aliphatic rings. The largest absolute Gasteiger partial charge is 0.398 e. The summed E-state index contributed by atoms with van der Waals surface area (Å²) in [5.41, 5.74) is 9.18. The lowest BCUT2D eigenvalue weighted by atomic mass is 9.94. The zero-order valence-electron chi connectivity index (χ0n) is 10.5. The van der Waals surface area contributed by atoms with Crippen molar-refractivity contribution in [2.24, 2.45) is 5.92 Å². The van der Waals surface area contributed by atoms with Crippen molar-refractivity contribution in [3.63, 3.8) is 0 Å². The van der Waals surface area contributed by atoms with Gasteiger partial charge < -0.3 is 15.7 Å². The molecule has 0 spiro atoms. The van der Waals surface area contributed by atoms with E-state index in [1.165, 1.54) is 18.5 Å². The zero-order chi connectivity index (χ0) is 12.3. The summed E-state index contributed by atoms with van der Waals surface area (Å²) < 4.78 is 0. The Hall–Kier alpha value is -1.22. The van der Waals surface area contributed by atoms with E-state index in [1.54, 1.807) is 0 Å². The van der Waals surface area contributed by atoms with E-state index in [2.05, 4.69) is 23.1 Å². The molecule has 3 nitrogen and oxygen atoms in total. The molecule has 0 radical (unpaired) electrons. The second kappa shape index (κ2) is 5.41. The third-order valence-electron chi connectivity index (χ3n) is 3.68. The molecule has 17 heavy (non-hydrogen) atoms. The lowest BCUT2D eigenvalue weighted by Crippen LogP contribution is -2.35. The van der Waals surface area contributed by atoms with Crippen LogP contribution in [0.2, 0.25) is 0 Å². The molecule has 1 unspecified atom stereocenters. The number of nitrogen functional groups attached to an aromatic ring is 1. The van der Waals surface area contributed by atoms with Crippen molar-refractivity contribution in [1.82, 2.24) is 0 Å². The van der Waals surface area contributed by atoms with E-state index < -0.39 is 0 Å². The summed E-state index contributed by atoms with van der Waals surface area (Å²) >= 11 is 0. The molecular formula is C14H22N2O. The van der Waals surface area contributed by atoms with Gasteiger partial charge in [-0.25, -0.2) is 0 Å². The molecule has 1 fully saturated rings. The molecule has 3 N–H and O–H groups in total. The van der Waals surface area contributed by atoms with E-state index in [-0.39, 0.29) is 0 Å². The lowest BCUT2D eigenvalue weighted by molar-refractivity contribution is 0.244.